The Hall–Kier alpha value is -3.19. The molecule has 0 unspecified atom stereocenters. The Kier molecular flexibility index (Phi) is 6.67. The van der Waals surface area contributed by atoms with E-state index in [0.29, 0.717) is 23.5 Å². The van der Waals surface area contributed by atoms with E-state index < -0.39 is 0 Å². The van der Waals surface area contributed by atoms with Crippen LogP contribution >= 0.6 is 0 Å². The zero-order valence-electron chi connectivity index (χ0n) is 14.5. The van der Waals surface area contributed by atoms with Crippen molar-refractivity contribution in [2.75, 3.05) is 20.8 Å². The van der Waals surface area contributed by atoms with Gasteiger partial charge in [0.25, 0.3) is 5.91 Å². The van der Waals surface area contributed by atoms with Crippen LogP contribution in [0.5, 0.6) is 11.5 Å². The molecular weight excluding hydrogens is 314 g/mol. The van der Waals surface area contributed by atoms with E-state index in [0.717, 1.165) is 11.1 Å². The van der Waals surface area contributed by atoms with Gasteiger partial charge in [0.15, 0.2) is 11.5 Å². The van der Waals surface area contributed by atoms with Crippen LogP contribution in [0.1, 0.15) is 21.5 Å². The molecule has 2 aromatic carbocycles. The summed E-state index contributed by atoms with van der Waals surface area (Å²) in [6.45, 7) is 4.00. The number of ether oxygens (including phenoxy) is 2. The Morgan fingerprint density at radius 1 is 1.20 bits per heavy atom. The third-order valence-corrected chi connectivity index (χ3v) is 3.53. The average molecular weight is 335 g/mol. The van der Waals surface area contributed by atoms with E-state index in [-0.39, 0.29) is 12.5 Å². The highest BCUT2D eigenvalue weighted by Crippen LogP contribution is 2.33. The first-order valence-electron chi connectivity index (χ1n) is 7.87. The lowest BCUT2D eigenvalue weighted by Crippen LogP contribution is -2.23. The highest BCUT2D eigenvalue weighted by molar-refractivity contribution is 5.95. The Morgan fingerprint density at radius 3 is 2.60 bits per heavy atom. The summed E-state index contributed by atoms with van der Waals surface area (Å²) in [7, 11) is 3.12. The summed E-state index contributed by atoms with van der Waals surface area (Å²) in [4.78, 5) is 12.4. The van der Waals surface area contributed by atoms with Crippen LogP contribution in [0.3, 0.4) is 0 Å². The number of amides is 1. The lowest BCUT2D eigenvalue weighted by atomic mass is 10.0. The van der Waals surface area contributed by atoms with Crippen molar-refractivity contribution in [3.8, 4) is 23.3 Å². The molecule has 1 N–H and O–H groups in total. The second kappa shape index (κ2) is 9.19. The topological polar surface area (TPSA) is 47.6 Å². The second-order valence-corrected chi connectivity index (χ2v) is 5.21. The second-order valence-electron chi connectivity index (χ2n) is 5.21. The van der Waals surface area contributed by atoms with Gasteiger partial charge in [0, 0.05) is 16.7 Å². The van der Waals surface area contributed by atoms with Crippen LogP contribution in [0, 0.1) is 11.8 Å². The standard InChI is InChI=1S/C21H21NO3/c1-4-9-17-14-18(15-19(24-2)20(17)25-3)21(23)22-13-8-12-16-10-6-5-7-11-16/h4-7,10-11,14-15H,1,9,13H2,2-3H3,(H,22,23). The molecule has 2 aromatic rings. The van der Waals surface area contributed by atoms with Crippen molar-refractivity contribution in [1.29, 1.82) is 0 Å². The molecule has 128 valence electrons. The largest absolute Gasteiger partial charge is 0.493 e. The molecule has 0 bridgehead atoms. The van der Waals surface area contributed by atoms with Crippen molar-refractivity contribution in [2.24, 2.45) is 0 Å². The van der Waals surface area contributed by atoms with Gasteiger partial charge in [0.2, 0.25) is 0 Å². The van der Waals surface area contributed by atoms with Crippen molar-refractivity contribution in [3.63, 3.8) is 0 Å². The fraction of sp³-hybridized carbons (Fsp3) is 0.190. The third-order valence-electron chi connectivity index (χ3n) is 3.53. The van der Waals surface area contributed by atoms with E-state index in [2.05, 4.69) is 23.7 Å². The highest BCUT2D eigenvalue weighted by Gasteiger charge is 2.15. The van der Waals surface area contributed by atoms with Gasteiger partial charge in [-0.25, -0.2) is 0 Å². The summed E-state index contributed by atoms with van der Waals surface area (Å²) in [6, 6.07) is 13.1. The fourth-order valence-electron chi connectivity index (χ4n) is 2.38. The quantitative estimate of drug-likeness (QED) is 0.651. The van der Waals surface area contributed by atoms with Gasteiger partial charge in [0.1, 0.15) is 0 Å². The molecule has 4 heteroatoms. The van der Waals surface area contributed by atoms with E-state index in [1.165, 1.54) is 0 Å². The summed E-state index contributed by atoms with van der Waals surface area (Å²) in [5.74, 6) is 6.86. The summed E-state index contributed by atoms with van der Waals surface area (Å²) >= 11 is 0. The molecule has 0 radical (unpaired) electrons. The molecule has 0 saturated heterocycles. The predicted octanol–water partition coefficient (Wildman–Crippen LogP) is 3.21. The smallest absolute Gasteiger partial charge is 0.252 e. The van der Waals surface area contributed by atoms with Gasteiger partial charge in [-0.1, -0.05) is 36.1 Å². The zero-order chi connectivity index (χ0) is 18.1. The van der Waals surface area contributed by atoms with E-state index in [4.69, 9.17) is 9.47 Å². The van der Waals surface area contributed by atoms with Crippen LogP contribution in [0.15, 0.2) is 55.1 Å². The Labute approximate surface area is 148 Å². The van der Waals surface area contributed by atoms with Crippen molar-refractivity contribution < 1.29 is 14.3 Å². The molecule has 0 fully saturated rings. The number of hydrogen-bond acceptors (Lipinski definition) is 3. The molecule has 0 atom stereocenters. The molecular formula is C21H21NO3. The number of nitrogens with one attached hydrogen (secondary N) is 1. The minimum absolute atomic E-state index is 0.214. The Balaban J connectivity index is 2.12. The molecule has 0 spiro atoms. The fourth-order valence-corrected chi connectivity index (χ4v) is 2.38. The number of allylic oxidation sites excluding steroid dienone is 1. The van der Waals surface area contributed by atoms with Crippen molar-refractivity contribution in [2.45, 2.75) is 6.42 Å². The Morgan fingerprint density at radius 2 is 1.96 bits per heavy atom. The first-order chi connectivity index (χ1) is 12.2. The SMILES string of the molecule is C=CCc1cc(C(=O)NCC#Cc2ccccc2)cc(OC)c1OC. The first kappa shape index (κ1) is 18.2. The van der Waals surface area contributed by atoms with Crippen molar-refractivity contribution in [3.05, 3.63) is 71.8 Å². The van der Waals surface area contributed by atoms with E-state index in [1.807, 2.05) is 30.3 Å². The van der Waals surface area contributed by atoms with E-state index in [9.17, 15) is 4.79 Å². The van der Waals surface area contributed by atoms with Gasteiger partial charge in [-0.15, -0.1) is 6.58 Å². The molecule has 0 aliphatic rings. The lowest BCUT2D eigenvalue weighted by molar-refractivity contribution is 0.0958. The average Bonchev–Trinajstić information content (AvgIpc) is 2.65. The van der Waals surface area contributed by atoms with Gasteiger partial charge in [-0.3, -0.25) is 4.79 Å². The normalized spacial score (nSPS) is 9.52. The van der Waals surface area contributed by atoms with Gasteiger partial charge in [-0.2, -0.15) is 0 Å². The molecule has 1 amide bonds. The first-order valence-corrected chi connectivity index (χ1v) is 7.87. The number of carbonyl (C=O) groups excluding carboxylic acids is 1. The highest BCUT2D eigenvalue weighted by atomic mass is 16.5. The van der Waals surface area contributed by atoms with Crippen LogP contribution < -0.4 is 14.8 Å². The monoisotopic (exact) mass is 335 g/mol. The van der Waals surface area contributed by atoms with E-state index >= 15 is 0 Å². The van der Waals surface area contributed by atoms with Crippen LogP contribution in [-0.2, 0) is 6.42 Å². The number of carbonyl (C=O) groups is 1. The molecule has 0 aromatic heterocycles. The zero-order valence-corrected chi connectivity index (χ0v) is 14.5. The maximum absolute atomic E-state index is 12.4. The van der Waals surface area contributed by atoms with E-state index in [1.54, 1.807) is 32.4 Å². The molecule has 0 saturated carbocycles. The minimum atomic E-state index is -0.214. The predicted molar refractivity (Wildman–Crippen MR) is 99.1 cm³/mol. The maximum atomic E-state index is 12.4. The lowest BCUT2D eigenvalue weighted by Gasteiger charge is -2.14. The summed E-state index contributed by atoms with van der Waals surface area (Å²) in [5, 5.41) is 2.79. The molecule has 0 aliphatic carbocycles. The Bertz CT molecular complexity index is 801. The molecule has 25 heavy (non-hydrogen) atoms. The van der Waals surface area contributed by atoms with Crippen LogP contribution in [0.25, 0.3) is 0 Å². The number of methoxy groups -OCH3 is 2. The molecule has 0 aliphatic heterocycles. The molecule has 2 rings (SSSR count). The van der Waals surface area contributed by atoms with Gasteiger partial charge in [0.05, 0.1) is 20.8 Å². The summed E-state index contributed by atoms with van der Waals surface area (Å²) in [6.07, 6.45) is 2.33. The summed E-state index contributed by atoms with van der Waals surface area (Å²) in [5.41, 5.74) is 2.25. The minimum Gasteiger partial charge on any atom is -0.493 e. The van der Waals surface area contributed by atoms with Crippen LogP contribution in [0.4, 0.5) is 0 Å². The van der Waals surface area contributed by atoms with Gasteiger partial charge < -0.3 is 14.8 Å². The van der Waals surface area contributed by atoms with Gasteiger partial charge >= 0.3 is 0 Å². The van der Waals surface area contributed by atoms with Crippen LogP contribution in [-0.4, -0.2) is 26.7 Å². The number of rotatable bonds is 6. The molecule has 4 nitrogen and oxygen atoms in total. The van der Waals surface area contributed by atoms with Crippen molar-refractivity contribution in [1.82, 2.24) is 5.32 Å². The number of hydrogen-bond donors (Lipinski definition) is 1. The van der Waals surface area contributed by atoms with Crippen LogP contribution in [0.2, 0.25) is 0 Å². The third kappa shape index (κ3) is 4.89. The van der Waals surface area contributed by atoms with Gasteiger partial charge in [-0.05, 0) is 30.7 Å². The maximum Gasteiger partial charge on any atom is 0.252 e. The molecule has 0 heterocycles. The number of benzene rings is 2. The summed E-state index contributed by atoms with van der Waals surface area (Å²) < 4.78 is 10.7. The van der Waals surface area contributed by atoms with Crippen molar-refractivity contribution >= 4 is 5.91 Å².